The fourth-order valence-electron chi connectivity index (χ4n) is 5.44. The molecule has 0 saturated carbocycles. The summed E-state index contributed by atoms with van der Waals surface area (Å²) in [5.41, 5.74) is 2.36. The van der Waals surface area contributed by atoms with Gasteiger partial charge in [-0.15, -0.1) is 0 Å². The van der Waals surface area contributed by atoms with Crippen molar-refractivity contribution in [2.24, 2.45) is 0 Å². The molecule has 5 rings (SSSR count). The second kappa shape index (κ2) is 8.95. The lowest BCUT2D eigenvalue weighted by atomic mass is 9.99. The molecule has 0 spiro atoms. The molecule has 1 amide bonds. The number of hydrogen-bond donors (Lipinski definition) is 0. The number of fused-ring (bicyclic) bond motifs is 1. The number of benzene rings is 1. The zero-order valence-electron chi connectivity index (χ0n) is 18.2. The van der Waals surface area contributed by atoms with Gasteiger partial charge in [0.1, 0.15) is 5.82 Å². The van der Waals surface area contributed by atoms with Crippen LogP contribution in [0.5, 0.6) is 0 Å². The predicted molar refractivity (Wildman–Crippen MR) is 120 cm³/mol. The van der Waals surface area contributed by atoms with Crippen LogP contribution in [0.15, 0.2) is 41.2 Å². The fraction of sp³-hybridized carbons (Fsp3) is 0.560. The fourth-order valence-corrected chi connectivity index (χ4v) is 5.44. The van der Waals surface area contributed by atoms with Crippen LogP contribution in [0.2, 0.25) is 0 Å². The molecule has 1 aromatic carbocycles. The first-order valence-corrected chi connectivity index (χ1v) is 11.8. The molecule has 6 heteroatoms. The monoisotopic (exact) mass is 420 g/mol. The van der Waals surface area contributed by atoms with Crippen LogP contribution in [-0.4, -0.2) is 58.0 Å². The largest absolute Gasteiger partial charge is 0.341 e. The van der Waals surface area contributed by atoms with Gasteiger partial charge in [0.25, 0.3) is 5.56 Å². The number of aryl methyl sites for hydroxylation is 1. The summed E-state index contributed by atoms with van der Waals surface area (Å²) in [5.74, 6) is 1.89. The quantitative estimate of drug-likeness (QED) is 0.763. The Morgan fingerprint density at radius 2 is 1.81 bits per heavy atom. The molecule has 31 heavy (non-hydrogen) atoms. The minimum Gasteiger partial charge on any atom is -0.341 e. The first-order chi connectivity index (χ1) is 15.2. The Hall–Kier alpha value is -2.47. The Morgan fingerprint density at radius 1 is 0.968 bits per heavy atom. The highest BCUT2D eigenvalue weighted by Crippen LogP contribution is 2.29. The van der Waals surface area contributed by atoms with Crippen LogP contribution >= 0.6 is 0 Å². The summed E-state index contributed by atoms with van der Waals surface area (Å²) in [4.78, 5) is 34.7. The maximum absolute atomic E-state index is 12.9. The molecule has 164 valence electrons. The summed E-state index contributed by atoms with van der Waals surface area (Å²) in [6.45, 7) is 4.65. The van der Waals surface area contributed by atoms with Gasteiger partial charge < -0.3 is 4.90 Å². The summed E-state index contributed by atoms with van der Waals surface area (Å²) < 4.78 is 1.86. The molecule has 2 fully saturated rings. The van der Waals surface area contributed by atoms with Gasteiger partial charge in [0.15, 0.2) is 0 Å². The third-order valence-corrected chi connectivity index (χ3v) is 7.25. The highest BCUT2D eigenvalue weighted by molar-refractivity contribution is 5.78. The Kier molecular flexibility index (Phi) is 5.90. The van der Waals surface area contributed by atoms with E-state index in [9.17, 15) is 9.59 Å². The van der Waals surface area contributed by atoms with Crippen LogP contribution < -0.4 is 5.56 Å². The highest BCUT2D eigenvalue weighted by Gasteiger charge is 2.31. The summed E-state index contributed by atoms with van der Waals surface area (Å²) in [6, 6.07) is 12.3. The van der Waals surface area contributed by atoms with Crippen molar-refractivity contribution in [3.8, 4) is 0 Å². The molecule has 0 radical (unpaired) electrons. The van der Waals surface area contributed by atoms with Gasteiger partial charge in [-0.05, 0) is 37.8 Å². The van der Waals surface area contributed by atoms with E-state index in [1.807, 2.05) is 15.5 Å². The molecular weight excluding hydrogens is 388 g/mol. The first-order valence-electron chi connectivity index (χ1n) is 11.8. The SMILES string of the molecule is O=C(CN1CCC(c2cc(=O)n3c(n2)CCCCC3)C1)N1CCC(c2ccccc2)C1. The van der Waals surface area contributed by atoms with E-state index < -0.39 is 0 Å². The van der Waals surface area contributed by atoms with Crippen molar-refractivity contribution < 1.29 is 4.79 Å². The summed E-state index contributed by atoms with van der Waals surface area (Å²) >= 11 is 0. The number of likely N-dealkylation sites (tertiary alicyclic amines) is 2. The molecule has 2 atom stereocenters. The topological polar surface area (TPSA) is 58.4 Å². The molecule has 0 bridgehead atoms. The van der Waals surface area contributed by atoms with Gasteiger partial charge in [-0.25, -0.2) is 4.98 Å². The standard InChI is InChI=1S/C25H32N4O2/c30-24-15-22(26-23-9-5-2-6-12-29(23)24)21-10-13-27(16-21)18-25(31)28-14-11-20(17-28)19-7-3-1-4-8-19/h1,3-4,7-8,15,20-21H,2,5-6,9-14,16-18H2. The number of carbonyl (C=O) groups excluding carboxylic acids is 1. The van der Waals surface area contributed by atoms with Crippen molar-refractivity contribution >= 4 is 5.91 Å². The first kappa shape index (κ1) is 20.4. The van der Waals surface area contributed by atoms with E-state index in [2.05, 4.69) is 29.2 Å². The number of hydrogen-bond acceptors (Lipinski definition) is 4. The Morgan fingerprint density at radius 3 is 2.68 bits per heavy atom. The van der Waals surface area contributed by atoms with Crippen LogP contribution in [-0.2, 0) is 17.8 Å². The van der Waals surface area contributed by atoms with E-state index in [1.165, 1.54) is 12.0 Å². The van der Waals surface area contributed by atoms with Crippen molar-refractivity contribution in [1.29, 1.82) is 0 Å². The zero-order chi connectivity index (χ0) is 21.2. The van der Waals surface area contributed by atoms with Gasteiger partial charge in [-0.2, -0.15) is 0 Å². The number of nitrogens with zero attached hydrogens (tertiary/aromatic N) is 4. The molecule has 4 heterocycles. The van der Waals surface area contributed by atoms with E-state index in [4.69, 9.17) is 4.98 Å². The molecular formula is C25H32N4O2. The molecule has 3 aliphatic rings. The number of carbonyl (C=O) groups is 1. The lowest BCUT2D eigenvalue weighted by Gasteiger charge is -2.21. The van der Waals surface area contributed by atoms with Crippen LogP contribution in [0.3, 0.4) is 0 Å². The lowest BCUT2D eigenvalue weighted by Crippen LogP contribution is -2.38. The van der Waals surface area contributed by atoms with Gasteiger partial charge in [0.2, 0.25) is 5.91 Å². The minimum atomic E-state index is 0.0976. The van der Waals surface area contributed by atoms with Crippen LogP contribution in [0.25, 0.3) is 0 Å². The van der Waals surface area contributed by atoms with Gasteiger partial charge in [0, 0.05) is 50.5 Å². The molecule has 6 nitrogen and oxygen atoms in total. The minimum absolute atomic E-state index is 0.0976. The van der Waals surface area contributed by atoms with Crippen LogP contribution in [0.4, 0.5) is 0 Å². The highest BCUT2D eigenvalue weighted by atomic mass is 16.2. The maximum atomic E-state index is 12.9. The summed E-state index contributed by atoms with van der Waals surface area (Å²) in [5, 5.41) is 0. The van der Waals surface area contributed by atoms with Gasteiger partial charge in [-0.1, -0.05) is 36.8 Å². The molecule has 0 aliphatic carbocycles. The van der Waals surface area contributed by atoms with Crippen molar-refractivity contribution in [2.75, 3.05) is 32.7 Å². The molecule has 3 aliphatic heterocycles. The van der Waals surface area contributed by atoms with E-state index in [0.29, 0.717) is 12.5 Å². The summed E-state index contributed by atoms with van der Waals surface area (Å²) in [7, 11) is 0. The zero-order valence-corrected chi connectivity index (χ0v) is 18.2. The molecule has 2 saturated heterocycles. The molecule has 1 aromatic heterocycles. The van der Waals surface area contributed by atoms with E-state index in [-0.39, 0.29) is 17.4 Å². The Bertz CT molecular complexity index is 987. The Labute approximate surface area is 183 Å². The predicted octanol–water partition coefficient (Wildman–Crippen LogP) is 2.78. The molecule has 2 aromatic rings. The average Bonchev–Trinajstić information content (AvgIpc) is 3.40. The van der Waals surface area contributed by atoms with Crippen molar-refractivity contribution in [2.45, 2.75) is 56.9 Å². The second-order valence-corrected chi connectivity index (χ2v) is 9.35. The van der Waals surface area contributed by atoms with E-state index in [0.717, 1.165) is 76.3 Å². The second-order valence-electron chi connectivity index (χ2n) is 9.35. The third-order valence-electron chi connectivity index (χ3n) is 7.25. The number of rotatable bonds is 4. The Balaban J connectivity index is 1.19. The van der Waals surface area contributed by atoms with Crippen LogP contribution in [0.1, 0.15) is 61.0 Å². The van der Waals surface area contributed by atoms with E-state index >= 15 is 0 Å². The lowest BCUT2D eigenvalue weighted by molar-refractivity contribution is -0.131. The third kappa shape index (κ3) is 4.45. The summed E-state index contributed by atoms with van der Waals surface area (Å²) in [6.07, 6.45) is 6.25. The van der Waals surface area contributed by atoms with Crippen LogP contribution in [0, 0.1) is 0 Å². The smallest absolute Gasteiger partial charge is 0.253 e. The van der Waals surface area contributed by atoms with Crippen molar-refractivity contribution in [3.63, 3.8) is 0 Å². The number of aromatic nitrogens is 2. The molecule has 0 N–H and O–H groups in total. The van der Waals surface area contributed by atoms with E-state index in [1.54, 1.807) is 6.07 Å². The van der Waals surface area contributed by atoms with Gasteiger partial charge >= 0.3 is 0 Å². The van der Waals surface area contributed by atoms with Crippen molar-refractivity contribution in [3.05, 3.63) is 63.8 Å². The average molecular weight is 421 g/mol. The normalized spacial score (nSPS) is 24.2. The van der Waals surface area contributed by atoms with Crippen molar-refractivity contribution in [1.82, 2.24) is 19.4 Å². The van der Waals surface area contributed by atoms with Gasteiger partial charge in [0.05, 0.1) is 12.2 Å². The maximum Gasteiger partial charge on any atom is 0.253 e. The number of amides is 1. The van der Waals surface area contributed by atoms with Gasteiger partial charge in [-0.3, -0.25) is 19.1 Å². The molecule has 2 unspecified atom stereocenters.